The number of carbonyl (C=O) groups excluding carboxylic acids is 1. The van der Waals surface area contributed by atoms with Gasteiger partial charge < -0.3 is 15.5 Å². The van der Waals surface area contributed by atoms with Crippen LogP contribution in [0, 0.1) is 6.92 Å². The molecule has 0 aliphatic carbocycles. The van der Waals surface area contributed by atoms with Crippen molar-refractivity contribution < 1.29 is 4.79 Å². The second-order valence-corrected chi connectivity index (χ2v) is 7.12. The Morgan fingerprint density at radius 2 is 1.57 bits per heavy atom. The zero-order chi connectivity index (χ0) is 19.3. The van der Waals surface area contributed by atoms with Gasteiger partial charge in [-0.15, -0.1) is 0 Å². The average Bonchev–Trinajstić information content (AvgIpc) is 3.25. The molecule has 1 amide bonds. The van der Waals surface area contributed by atoms with Crippen molar-refractivity contribution in [3.63, 3.8) is 0 Å². The van der Waals surface area contributed by atoms with E-state index in [0.717, 1.165) is 35.7 Å². The van der Waals surface area contributed by atoms with Gasteiger partial charge in [0.05, 0.1) is 0 Å². The molecule has 5 heteroatoms. The normalized spacial score (nSPS) is 13.4. The van der Waals surface area contributed by atoms with E-state index in [1.54, 1.807) is 12.3 Å². The molecule has 0 radical (unpaired) electrons. The lowest BCUT2D eigenvalue weighted by molar-refractivity contribution is 0.102. The Bertz CT molecular complexity index is 945. The van der Waals surface area contributed by atoms with E-state index in [-0.39, 0.29) is 5.91 Å². The van der Waals surface area contributed by atoms with Crippen LogP contribution in [0.25, 0.3) is 0 Å². The molecule has 1 saturated heterocycles. The maximum atomic E-state index is 12.5. The van der Waals surface area contributed by atoms with Gasteiger partial charge in [-0.25, -0.2) is 0 Å². The lowest BCUT2D eigenvalue weighted by atomic mass is 10.2. The van der Waals surface area contributed by atoms with E-state index in [9.17, 15) is 4.79 Å². The molecule has 0 unspecified atom stereocenters. The summed E-state index contributed by atoms with van der Waals surface area (Å²) in [7, 11) is 0. The lowest BCUT2D eigenvalue weighted by Crippen LogP contribution is -2.17. The Hall–Kier alpha value is -3.34. The molecule has 0 bridgehead atoms. The molecule has 3 aromatic rings. The minimum absolute atomic E-state index is 0.225. The second-order valence-electron chi connectivity index (χ2n) is 7.12. The van der Waals surface area contributed by atoms with Gasteiger partial charge in [0.2, 0.25) is 0 Å². The Labute approximate surface area is 165 Å². The second kappa shape index (κ2) is 8.13. The van der Waals surface area contributed by atoms with Crippen LogP contribution in [0.4, 0.5) is 22.7 Å². The van der Waals surface area contributed by atoms with Crippen molar-refractivity contribution in [2.45, 2.75) is 19.8 Å². The molecular formula is C23H24N4O. The van der Waals surface area contributed by atoms with Gasteiger partial charge in [-0.2, -0.15) is 0 Å². The van der Waals surface area contributed by atoms with Crippen molar-refractivity contribution in [2.75, 3.05) is 28.6 Å². The first kappa shape index (κ1) is 18.0. The highest BCUT2D eigenvalue weighted by molar-refractivity contribution is 6.03. The van der Waals surface area contributed by atoms with Crippen LogP contribution < -0.4 is 15.5 Å². The number of nitrogens with zero attached hydrogens (tertiary/aromatic N) is 2. The number of carbonyl (C=O) groups is 1. The third kappa shape index (κ3) is 4.31. The van der Waals surface area contributed by atoms with Gasteiger partial charge in [0.25, 0.3) is 5.91 Å². The molecule has 0 atom stereocenters. The van der Waals surface area contributed by atoms with E-state index in [1.165, 1.54) is 18.5 Å². The molecule has 2 heterocycles. The lowest BCUT2D eigenvalue weighted by Gasteiger charge is -2.18. The first-order chi connectivity index (χ1) is 13.7. The Morgan fingerprint density at radius 3 is 2.29 bits per heavy atom. The largest absolute Gasteiger partial charge is 0.372 e. The molecule has 1 aliphatic rings. The maximum absolute atomic E-state index is 12.5. The number of hydrogen-bond donors (Lipinski definition) is 2. The third-order valence-electron chi connectivity index (χ3n) is 4.93. The molecule has 142 valence electrons. The minimum atomic E-state index is -0.225. The first-order valence-corrected chi connectivity index (χ1v) is 9.63. The van der Waals surface area contributed by atoms with Crippen LogP contribution in [0.5, 0.6) is 0 Å². The van der Waals surface area contributed by atoms with Gasteiger partial charge in [-0.3, -0.25) is 9.78 Å². The van der Waals surface area contributed by atoms with Crippen molar-refractivity contribution in [2.24, 2.45) is 0 Å². The van der Waals surface area contributed by atoms with Crippen LogP contribution in [0.15, 0.2) is 66.9 Å². The molecule has 1 aromatic heterocycles. The van der Waals surface area contributed by atoms with Crippen LogP contribution in [0.3, 0.4) is 0 Å². The molecule has 5 nitrogen and oxygen atoms in total. The number of pyridine rings is 1. The van der Waals surface area contributed by atoms with E-state index in [0.29, 0.717) is 5.69 Å². The minimum Gasteiger partial charge on any atom is -0.372 e. The van der Waals surface area contributed by atoms with E-state index >= 15 is 0 Å². The quantitative estimate of drug-likeness (QED) is 0.663. The summed E-state index contributed by atoms with van der Waals surface area (Å²) in [5.74, 6) is -0.225. The highest BCUT2D eigenvalue weighted by Gasteiger charge is 2.12. The molecule has 4 rings (SSSR count). The summed E-state index contributed by atoms with van der Waals surface area (Å²) in [6.45, 7) is 4.28. The summed E-state index contributed by atoms with van der Waals surface area (Å²) >= 11 is 0. The SMILES string of the molecule is Cc1ccc(NC(=O)c2cc(Nc3ccc(N4CCCC4)cc3)ccn2)cc1. The van der Waals surface area contributed by atoms with Crippen LogP contribution in [-0.4, -0.2) is 24.0 Å². The van der Waals surface area contributed by atoms with Gasteiger partial charge in [0, 0.05) is 42.0 Å². The van der Waals surface area contributed by atoms with Crippen molar-refractivity contribution >= 4 is 28.7 Å². The number of aryl methyl sites for hydroxylation is 1. The molecule has 1 aliphatic heterocycles. The maximum Gasteiger partial charge on any atom is 0.274 e. The van der Waals surface area contributed by atoms with Crippen molar-refractivity contribution in [3.8, 4) is 0 Å². The molecule has 0 spiro atoms. The highest BCUT2D eigenvalue weighted by atomic mass is 16.1. The Morgan fingerprint density at radius 1 is 0.893 bits per heavy atom. The number of amides is 1. The monoisotopic (exact) mass is 372 g/mol. The zero-order valence-corrected chi connectivity index (χ0v) is 16.0. The molecule has 1 fully saturated rings. The van der Waals surface area contributed by atoms with Crippen LogP contribution in [0.2, 0.25) is 0 Å². The van der Waals surface area contributed by atoms with Crippen molar-refractivity contribution in [1.82, 2.24) is 4.98 Å². The number of hydrogen-bond acceptors (Lipinski definition) is 4. The summed E-state index contributed by atoms with van der Waals surface area (Å²) in [5, 5.41) is 6.23. The van der Waals surface area contributed by atoms with Crippen molar-refractivity contribution in [3.05, 3.63) is 78.1 Å². The zero-order valence-electron chi connectivity index (χ0n) is 16.0. The summed E-state index contributed by atoms with van der Waals surface area (Å²) in [5.41, 5.74) is 5.36. The van der Waals surface area contributed by atoms with Crippen LogP contribution in [0.1, 0.15) is 28.9 Å². The number of nitrogens with one attached hydrogen (secondary N) is 2. The molecular weight excluding hydrogens is 348 g/mol. The first-order valence-electron chi connectivity index (χ1n) is 9.63. The van der Waals surface area contributed by atoms with Crippen molar-refractivity contribution in [1.29, 1.82) is 0 Å². The van der Waals surface area contributed by atoms with E-state index in [1.807, 2.05) is 37.3 Å². The fourth-order valence-corrected chi connectivity index (χ4v) is 3.36. The molecule has 2 N–H and O–H groups in total. The highest BCUT2D eigenvalue weighted by Crippen LogP contribution is 2.24. The van der Waals surface area contributed by atoms with E-state index < -0.39 is 0 Å². The fraction of sp³-hybridized carbons (Fsp3) is 0.217. The number of rotatable bonds is 5. The number of aromatic nitrogens is 1. The van der Waals surface area contributed by atoms with Gasteiger partial charge in [0.1, 0.15) is 5.69 Å². The van der Waals surface area contributed by atoms with Gasteiger partial charge in [0.15, 0.2) is 0 Å². The number of anilines is 4. The Balaban J connectivity index is 1.43. The summed E-state index contributed by atoms with van der Waals surface area (Å²) in [6, 6.07) is 19.7. The molecule has 2 aromatic carbocycles. The van der Waals surface area contributed by atoms with Gasteiger partial charge in [-0.1, -0.05) is 17.7 Å². The smallest absolute Gasteiger partial charge is 0.274 e. The number of benzene rings is 2. The standard InChI is InChI=1S/C23H24N4O/c1-17-4-6-19(7-5-17)26-23(28)22-16-20(12-13-24-22)25-18-8-10-21(11-9-18)27-14-2-3-15-27/h4-13,16H,2-3,14-15H2,1H3,(H,24,25)(H,26,28). The van der Waals surface area contributed by atoms with Crippen LogP contribution in [-0.2, 0) is 0 Å². The van der Waals surface area contributed by atoms with E-state index in [2.05, 4.69) is 44.8 Å². The topological polar surface area (TPSA) is 57.3 Å². The predicted molar refractivity (Wildman–Crippen MR) is 115 cm³/mol. The molecule has 28 heavy (non-hydrogen) atoms. The predicted octanol–water partition coefficient (Wildman–Crippen LogP) is 4.99. The fourth-order valence-electron chi connectivity index (χ4n) is 3.36. The summed E-state index contributed by atoms with van der Waals surface area (Å²) < 4.78 is 0. The Kier molecular flexibility index (Phi) is 5.24. The summed E-state index contributed by atoms with van der Waals surface area (Å²) in [4.78, 5) is 19.1. The van der Waals surface area contributed by atoms with Gasteiger partial charge in [-0.05, 0) is 68.3 Å². The third-order valence-corrected chi connectivity index (χ3v) is 4.93. The summed E-state index contributed by atoms with van der Waals surface area (Å²) in [6.07, 6.45) is 4.18. The van der Waals surface area contributed by atoms with Gasteiger partial charge >= 0.3 is 0 Å². The van der Waals surface area contributed by atoms with E-state index in [4.69, 9.17) is 0 Å². The average molecular weight is 372 g/mol. The van der Waals surface area contributed by atoms with Crippen LogP contribution >= 0.6 is 0 Å². The molecule has 0 saturated carbocycles.